The molecule has 1 amide bonds. The van der Waals surface area contributed by atoms with Crippen molar-refractivity contribution in [2.45, 2.75) is 61.3 Å². The van der Waals surface area contributed by atoms with Gasteiger partial charge in [-0.3, -0.25) is 4.79 Å². The van der Waals surface area contributed by atoms with Crippen molar-refractivity contribution in [3.8, 4) is 22.6 Å². The number of carbonyl (C=O) groups is 2. The molecule has 3 aromatic rings. The number of carboxylic acid groups (broad SMARTS) is 1. The summed E-state index contributed by atoms with van der Waals surface area (Å²) in [6.07, 6.45) is 0.105. The molecule has 0 radical (unpaired) electrons. The first-order valence-corrected chi connectivity index (χ1v) is 15.9. The van der Waals surface area contributed by atoms with E-state index in [4.69, 9.17) is 9.47 Å². The molecule has 1 unspecified atom stereocenters. The number of methoxy groups -OCH3 is 1. The number of ether oxygens (including phenoxy) is 2. The van der Waals surface area contributed by atoms with E-state index in [1.54, 1.807) is 81.4 Å². The van der Waals surface area contributed by atoms with Crippen LogP contribution in [-0.4, -0.2) is 78.7 Å². The molecule has 2 atom stereocenters. The number of carbonyl (C=O) groups excluding carboxylic acids is 1. The summed E-state index contributed by atoms with van der Waals surface area (Å²) in [5, 5.41) is 23.5. The van der Waals surface area contributed by atoms with E-state index in [2.05, 4.69) is 5.32 Å². The molecule has 1 saturated heterocycles. The summed E-state index contributed by atoms with van der Waals surface area (Å²) in [6, 6.07) is 19.0. The molecule has 1 heterocycles. The zero-order valence-electron chi connectivity index (χ0n) is 25.4. The molecule has 44 heavy (non-hydrogen) atoms. The monoisotopic (exact) mass is 624 g/mol. The summed E-state index contributed by atoms with van der Waals surface area (Å²) in [5.74, 6) is -0.579. The topological polar surface area (TPSA) is 142 Å². The van der Waals surface area contributed by atoms with Crippen molar-refractivity contribution in [1.29, 1.82) is 0 Å². The minimum atomic E-state index is -4.02. The van der Waals surface area contributed by atoms with Gasteiger partial charge in [0.2, 0.25) is 0 Å². The number of phenolic OH excluding ortho intramolecular Hbond substituents is 1. The van der Waals surface area contributed by atoms with Crippen LogP contribution in [0, 0.1) is 0 Å². The Morgan fingerprint density at radius 3 is 2.32 bits per heavy atom. The number of rotatable bonds is 10. The molecule has 3 aromatic carbocycles. The van der Waals surface area contributed by atoms with E-state index < -0.39 is 38.3 Å². The van der Waals surface area contributed by atoms with Gasteiger partial charge in [0.25, 0.3) is 0 Å². The van der Waals surface area contributed by atoms with Crippen molar-refractivity contribution < 1.29 is 37.7 Å². The third-order valence-corrected chi connectivity index (χ3v) is 10.2. The molecule has 11 heteroatoms. The van der Waals surface area contributed by atoms with Crippen LogP contribution in [0.2, 0.25) is 0 Å². The van der Waals surface area contributed by atoms with Crippen molar-refractivity contribution in [1.82, 2.24) is 10.2 Å². The van der Waals surface area contributed by atoms with Crippen LogP contribution in [-0.2, 0) is 25.8 Å². The summed E-state index contributed by atoms with van der Waals surface area (Å²) in [5.41, 5.74) is 1.15. The minimum absolute atomic E-state index is 0.0556. The van der Waals surface area contributed by atoms with Crippen molar-refractivity contribution in [3.63, 3.8) is 0 Å². The number of benzene rings is 3. The van der Waals surface area contributed by atoms with E-state index in [9.17, 15) is 28.2 Å². The fourth-order valence-corrected chi connectivity index (χ4v) is 7.50. The Morgan fingerprint density at radius 2 is 1.70 bits per heavy atom. The number of nitrogens with zero attached hydrogens (tertiary/aromatic N) is 1. The van der Waals surface area contributed by atoms with Gasteiger partial charge in [-0.05, 0) is 75.4 Å². The molecule has 1 aliphatic rings. The van der Waals surface area contributed by atoms with Gasteiger partial charge in [0.15, 0.2) is 9.84 Å². The largest absolute Gasteiger partial charge is 0.507 e. The van der Waals surface area contributed by atoms with Gasteiger partial charge in [0, 0.05) is 19.6 Å². The van der Waals surface area contributed by atoms with E-state index in [1.807, 2.05) is 0 Å². The second-order valence-electron chi connectivity index (χ2n) is 12.0. The molecular weight excluding hydrogens is 584 g/mol. The first-order chi connectivity index (χ1) is 20.8. The van der Waals surface area contributed by atoms with Crippen molar-refractivity contribution >= 4 is 21.9 Å². The summed E-state index contributed by atoms with van der Waals surface area (Å²) >= 11 is 0. The number of piperidine rings is 1. The fraction of sp³-hybridized carbons (Fsp3) is 0.394. The molecule has 4 rings (SSSR count). The van der Waals surface area contributed by atoms with Crippen LogP contribution in [0.5, 0.6) is 11.5 Å². The maximum Gasteiger partial charge on any atom is 0.410 e. The molecule has 0 saturated carbocycles. The summed E-state index contributed by atoms with van der Waals surface area (Å²) in [7, 11) is -2.50. The molecule has 1 fully saturated rings. The number of hydrogen-bond donors (Lipinski definition) is 3. The standard InChI is InChI=1S/C33H40N2O8S/c1-32(2,3)43-31(39)35-19-9-18-33(22-35,44(40,41)25-10-6-5-7-11-25)21-34-26(30(37)38)20-23-14-16-24(17-15-23)29-27(36)12-8-13-28(29)42-4/h5-8,10-17,26,34,36H,9,18-22H2,1-4H3,(H,37,38)/t26-,33?/m0/s1. The number of aliphatic carboxylic acids is 1. The molecule has 10 nitrogen and oxygen atoms in total. The average molecular weight is 625 g/mol. The Kier molecular flexibility index (Phi) is 9.90. The highest BCUT2D eigenvalue weighted by Crippen LogP contribution is 2.38. The smallest absolute Gasteiger partial charge is 0.410 e. The van der Waals surface area contributed by atoms with E-state index in [1.165, 1.54) is 24.1 Å². The van der Waals surface area contributed by atoms with Gasteiger partial charge in [0.05, 0.1) is 17.6 Å². The van der Waals surface area contributed by atoms with Crippen LogP contribution in [0.3, 0.4) is 0 Å². The highest BCUT2D eigenvalue weighted by molar-refractivity contribution is 7.93. The number of hydrogen-bond acceptors (Lipinski definition) is 8. The molecule has 3 N–H and O–H groups in total. The van der Waals surface area contributed by atoms with E-state index in [0.717, 1.165) is 0 Å². The summed E-state index contributed by atoms with van der Waals surface area (Å²) < 4.78 is 37.8. The minimum Gasteiger partial charge on any atom is -0.507 e. The van der Waals surface area contributed by atoms with E-state index in [-0.39, 0.29) is 36.6 Å². The van der Waals surface area contributed by atoms with Crippen molar-refractivity contribution in [2.24, 2.45) is 0 Å². The number of phenols is 1. The third kappa shape index (κ3) is 7.34. The van der Waals surface area contributed by atoms with Crippen LogP contribution in [0.4, 0.5) is 4.79 Å². The lowest BCUT2D eigenvalue weighted by atomic mass is 9.95. The zero-order valence-corrected chi connectivity index (χ0v) is 26.3. The normalized spacial score (nSPS) is 18.0. The molecule has 1 aliphatic heterocycles. The van der Waals surface area contributed by atoms with Crippen LogP contribution in [0.1, 0.15) is 39.2 Å². The summed E-state index contributed by atoms with van der Waals surface area (Å²) in [4.78, 5) is 26.9. The van der Waals surface area contributed by atoms with Crippen molar-refractivity contribution in [2.75, 3.05) is 26.7 Å². The van der Waals surface area contributed by atoms with Gasteiger partial charge in [-0.15, -0.1) is 0 Å². The van der Waals surface area contributed by atoms with Crippen molar-refractivity contribution in [3.05, 3.63) is 78.4 Å². The Bertz CT molecular complexity index is 1570. The Balaban J connectivity index is 1.59. The van der Waals surface area contributed by atoms with E-state index in [0.29, 0.717) is 35.4 Å². The number of sulfone groups is 1. The zero-order chi connectivity index (χ0) is 32.1. The van der Waals surface area contributed by atoms with Gasteiger partial charge in [-0.2, -0.15) is 0 Å². The quantitative estimate of drug-likeness (QED) is 0.287. The molecule has 0 bridgehead atoms. The second-order valence-corrected chi connectivity index (χ2v) is 14.4. The fourth-order valence-electron chi connectivity index (χ4n) is 5.47. The Labute approximate surface area is 258 Å². The first kappa shape index (κ1) is 32.8. The lowest BCUT2D eigenvalue weighted by molar-refractivity contribution is -0.139. The lowest BCUT2D eigenvalue weighted by Gasteiger charge is -2.43. The Morgan fingerprint density at radius 1 is 1.02 bits per heavy atom. The van der Waals surface area contributed by atoms with Gasteiger partial charge in [0.1, 0.15) is 27.9 Å². The number of likely N-dealkylation sites (tertiary alicyclic amines) is 1. The van der Waals surface area contributed by atoms with Crippen LogP contribution >= 0.6 is 0 Å². The highest BCUT2D eigenvalue weighted by Gasteiger charge is 2.49. The second kappa shape index (κ2) is 13.3. The lowest BCUT2D eigenvalue weighted by Crippen LogP contribution is -2.61. The van der Waals surface area contributed by atoms with Gasteiger partial charge in [-0.25, -0.2) is 13.2 Å². The average Bonchev–Trinajstić information content (AvgIpc) is 2.99. The predicted molar refractivity (Wildman–Crippen MR) is 167 cm³/mol. The number of nitrogens with one attached hydrogen (secondary N) is 1. The maximum atomic E-state index is 14.2. The Hall–Kier alpha value is -4.09. The molecule has 0 spiro atoms. The van der Waals surface area contributed by atoms with Gasteiger partial charge in [-0.1, -0.05) is 48.5 Å². The van der Waals surface area contributed by atoms with Gasteiger partial charge >= 0.3 is 12.1 Å². The van der Waals surface area contributed by atoms with Crippen LogP contribution < -0.4 is 10.1 Å². The van der Waals surface area contributed by atoms with Crippen LogP contribution in [0.25, 0.3) is 11.1 Å². The molecule has 0 aliphatic carbocycles. The van der Waals surface area contributed by atoms with E-state index >= 15 is 0 Å². The van der Waals surface area contributed by atoms with Gasteiger partial charge < -0.3 is 29.9 Å². The number of aromatic hydroxyl groups is 1. The number of amides is 1. The molecular formula is C33H40N2O8S. The molecule has 0 aromatic heterocycles. The SMILES string of the molecule is COc1cccc(O)c1-c1ccc(C[C@H](NCC2(S(=O)(=O)c3ccccc3)CCCN(C(=O)OC(C)(C)C)C2)C(=O)O)cc1. The maximum absolute atomic E-state index is 14.2. The third-order valence-electron chi connectivity index (χ3n) is 7.69. The molecule has 236 valence electrons. The highest BCUT2D eigenvalue weighted by atomic mass is 32.2. The first-order valence-electron chi connectivity index (χ1n) is 14.5. The predicted octanol–water partition coefficient (Wildman–Crippen LogP) is 4.90. The number of carboxylic acids is 1. The summed E-state index contributed by atoms with van der Waals surface area (Å²) in [6.45, 7) is 5.23. The van der Waals surface area contributed by atoms with Crippen LogP contribution in [0.15, 0.2) is 77.7 Å².